The van der Waals surface area contributed by atoms with Gasteiger partial charge in [0, 0.05) is 6.61 Å². The van der Waals surface area contributed by atoms with Crippen molar-refractivity contribution in [2.75, 3.05) is 6.61 Å². The minimum absolute atomic E-state index is 0.257. The number of aliphatic hydroxyl groups is 2. The molecule has 0 amide bonds. The average molecular weight is 160 g/mol. The molecule has 0 aromatic carbocycles. The van der Waals surface area contributed by atoms with Gasteiger partial charge in [0.1, 0.15) is 0 Å². The summed E-state index contributed by atoms with van der Waals surface area (Å²) in [6.45, 7) is 5.99. The summed E-state index contributed by atoms with van der Waals surface area (Å²) in [6.07, 6.45) is 2.65. The van der Waals surface area contributed by atoms with Crippen molar-refractivity contribution in [1.29, 1.82) is 0 Å². The van der Waals surface area contributed by atoms with E-state index in [9.17, 15) is 5.11 Å². The highest BCUT2D eigenvalue weighted by Crippen LogP contribution is 2.17. The Morgan fingerprint density at radius 1 is 1.27 bits per heavy atom. The van der Waals surface area contributed by atoms with E-state index in [1.807, 2.05) is 13.8 Å². The maximum absolute atomic E-state index is 9.37. The van der Waals surface area contributed by atoms with Crippen molar-refractivity contribution < 1.29 is 10.2 Å². The predicted octanol–water partition coefficient (Wildman–Crippen LogP) is 1.56. The average Bonchev–Trinajstić information content (AvgIpc) is 1.83. The molecule has 0 aromatic heterocycles. The zero-order valence-corrected chi connectivity index (χ0v) is 7.80. The predicted molar refractivity (Wildman–Crippen MR) is 46.4 cm³/mol. The Morgan fingerprint density at radius 3 is 2.18 bits per heavy atom. The van der Waals surface area contributed by atoms with Gasteiger partial charge in [-0.3, -0.25) is 0 Å². The van der Waals surface area contributed by atoms with Crippen LogP contribution in [0.25, 0.3) is 0 Å². The molecule has 0 saturated carbocycles. The van der Waals surface area contributed by atoms with Crippen LogP contribution in [0.4, 0.5) is 0 Å². The fraction of sp³-hybridized carbons (Fsp3) is 1.00. The molecule has 68 valence electrons. The molecule has 2 N–H and O–H groups in total. The summed E-state index contributed by atoms with van der Waals surface area (Å²) < 4.78 is 0. The first kappa shape index (κ1) is 10.9. The van der Waals surface area contributed by atoms with E-state index in [-0.39, 0.29) is 6.61 Å². The van der Waals surface area contributed by atoms with Gasteiger partial charge in [-0.25, -0.2) is 0 Å². The van der Waals surface area contributed by atoms with Crippen molar-refractivity contribution in [3.8, 4) is 0 Å². The molecule has 0 aliphatic carbocycles. The first-order valence-electron chi connectivity index (χ1n) is 4.29. The molecule has 2 heteroatoms. The molecular weight excluding hydrogens is 140 g/mol. The Kier molecular flexibility index (Phi) is 4.69. The van der Waals surface area contributed by atoms with E-state index >= 15 is 0 Å². The first-order valence-corrected chi connectivity index (χ1v) is 4.29. The smallest absolute Gasteiger partial charge is 0.0591 e. The summed E-state index contributed by atoms with van der Waals surface area (Å²) in [4.78, 5) is 0. The van der Waals surface area contributed by atoms with Crippen molar-refractivity contribution >= 4 is 0 Å². The Balaban J connectivity index is 3.38. The van der Waals surface area contributed by atoms with Crippen molar-refractivity contribution in [3.05, 3.63) is 0 Å². The zero-order chi connectivity index (χ0) is 8.91. The Hall–Kier alpha value is -0.0800. The molecule has 0 unspecified atom stereocenters. The van der Waals surface area contributed by atoms with Gasteiger partial charge in [-0.1, -0.05) is 6.92 Å². The van der Waals surface area contributed by atoms with E-state index in [0.717, 1.165) is 19.3 Å². The molecule has 0 spiro atoms. The van der Waals surface area contributed by atoms with Crippen LogP contribution >= 0.6 is 0 Å². The molecular formula is C9H20O2. The minimum Gasteiger partial charge on any atom is -0.396 e. The van der Waals surface area contributed by atoms with Crippen LogP contribution < -0.4 is 0 Å². The molecule has 0 heterocycles. The molecule has 0 rings (SSSR count). The molecule has 11 heavy (non-hydrogen) atoms. The summed E-state index contributed by atoms with van der Waals surface area (Å²) in [7, 11) is 0. The number of hydrogen-bond acceptors (Lipinski definition) is 2. The van der Waals surface area contributed by atoms with Gasteiger partial charge in [-0.15, -0.1) is 0 Å². The highest BCUT2D eigenvalue weighted by Gasteiger charge is 2.13. The quantitative estimate of drug-likeness (QED) is 0.640. The molecule has 0 aliphatic rings. The molecule has 0 radical (unpaired) electrons. The summed E-state index contributed by atoms with van der Waals surface area (Å²) in [6, 6.07) is 0. The van der Waals surface area contributed by atoms with Crippen LogP contribution in [-0.2, 0) is 0 Å². The van der Waals surface area contributed by atoms with Crippen LogP contribution in [0.5, 0.6) is 0 Å². The van der Waals surface area contributed by atoms with Crippen molar-refractivity contribution in [2.45, 2.75) is 45.6 Å². The minimum atomic E-state index is -0.552. The van der Waals surface area contributed by atoms with E-state index in [1.165, 1.54) is 0 Å². The second-order valence-corrected chi connectivity index (χ2v) is 3.97. The third-order valence-corrected chi connectivity index (χ3v) is 1.87. The Morgan fingerprint density at radius 2 is 1.82 bits per heavy atom. The lowest BCUT2D eigenvalue weighted by Crippen LogP contribution is -2.19. The largest absolute Gasteiger partial charge is 0.396 e. The van der Waals surface area contributed by atoms with Gasteiger partial charge < -0.3 is 10.2 Å². The van der Waals surface area contributed by atoms with Gasteiger partial charge in [0.05, 0.1) is 5.60 Å². The van der Waals surface area contributed by atoms with Gasteiger partial charge in [-0.2, -0.15) is 0 Å². The maximum Gasteiger partial charge on any atom is 0.0591 e. The lowest BCUT2D eigenvalue weighted by molar-refractivity contribution is 0.0628. The van der Waals surface area contributed by atoms with E-state index in [2.05, 4.69) is 6.92 Å². The molecule has 0 aromatic rings. The summed E-state index contributed by atoms with van der Waals surface area (Å²) in [5.74, 6) is 0.520. The lowest BCUT2D eigenvalue weighted by Gasteiger charge is -2.19. The van der Waals surface area contributed by atoms with Crippen molar-refractivity contribution in [2.24, 2.45) is 5.92 Å². The monoisotopic (exact) mass is 160 g/mol. The SMILES string of the molecule is C[C@@H](CCO)CCC(C)(C)O. The normalized spacial score (nSPS) is 15.0. The fourth-order valence-electron chi connectivity index (χ4n) is 0.964. The van der Waals surface area contributed by atoms with Crippen LogP contribution in [0.1, 0.15) is 40.0 Å². The van der Waals surface area contributed by atoms with Crippen LogP contribution in [0.3, 0.4) is 0 Å². The van der Waals surface area contributed by atoms with Gasteiger partial charge >= 0.3 is 0 Å². The van der Waals surface area contributed by atoms with Crippen LogP contribution in [0, 0.1) is 5.92 Å². The molecule has 0 fully saturated rings. The van der Waals surface area contributed by atoms with Gasteiger partial charge in [0.25, 0.3) is 0 Å². The Labute approximate surface area is 69.2 Å². The fourth-order valence-corrected chi connectivity index (χ4v) is 0.964. The zero-order valence-electron chi connectivity index (χ0n) is 7.80. The van der Waals surface area contributed by atoms with E-state index in [4.69, 9.17) is 5.11 Å². The van der Waals surface area contributed by atoms with Gasteiger partial charge in [0.15, 0.2) is 0 Å². The summed E-state index contributed by atoms with van der Waals surface area (Å²) >= 11 is 0. The third-order valence-electron chi connectivity index (χ3n) is 1.87. The maximum atomic E-state index is 9.37. The first-order chi connectivity index (χ1) is 4.95. The standard InChI is InChI=1S/C9H20O2/c1-8(5-7-10)4-6-9(2,3)11/h8,10-11H,4-7H2,1-3H3/t8-/m1/s1. The molecule has 0 bridgehead atoms. The van der Waals surface area contributed by atoms with Gasteiger partial charge in [0.2, 0.25) is 0 Å². The second kappa shape index (κ2) is 4.73. The van der Waals surface area contributed by atoms with Crippen molar-refractivity contribution in [3.63, 3.8) is 0 Å². The topological polar surface area (TPSA) is 40.5 Å². The van der Waals surface area contributed by atoms with Crippen molar-refractivity contribution in [1.82, 2.24) is 0 Å². The number of rotatable bonds is 5. The molecule has 0 saturated heterocycles. The summed E-state index contributed by atoms with van der Waals surface area (Å²) in [5.41, 5.74) is -0.552. The van der Waals surface area contributed by atoms with Crippen LogP contribution in [0.2, 0.25) is 0 Å². The van der Waals surface area contributed by atoms with E-state index in [0.29, 0.717) is 5.92 Å². The van der Waals surface area contributed by atoms with E-state index in [1.54, 1.807) is 0 Å². The third kappa shape index (κ3) is 7.82. The molecule has 1 atom stereocenters. The molecule has 2 nitrogen and oxygen atoms in total. The summed E-state index contributed by atoms with van der Waals surface area (Å²) in [5, 5.41) is 18.0. The highest BCUT2D eigenvalue weighted by atomic mass is 16.3. The Bertz CT molecular complexity index is 94.2. The van der Waals surface area contributed by atoms with E-state index < -0.39 is 5.60 Å². The number of hydrogen-bond donors (Lipinski definition) is 2. The second-order valence-electron chi connectivity index (χ2n) is 3.97. The van der Waals surface area contributed by atoms with Crippen LogP contribution in [-0.4, -0.2) is 22.4 Å². The van der Waals surface area contributed by atoms with Gasteiger partial charge in [-0.05, 0) is 39.0 Å². The lowest BCUT2D eigenvalue weighted by atomic mass is 9.94. The highest BCUT2D eigenvalue weighted by molar-refractivity contribution is 4.66. The molecule has 0 aliphatic heterocycles. The number of aliphatic hydroxyl groups excluding tert-OH is 1. The van der Waals surface area contributed by atoms with Crippen LogP contribution in [0.15, 0.2) is 0 Å².